The van der Waals surface area contributed by atoms with Gasteiger partial charge in [-0.15, -0.1) is 0 Å². The molecule has 1 aliphatic heterocycles. The molecular weight excluding hydrogens is 386 g/mol. The molecule has 2 heterocycles. The maximum Gasteiger partial charge on any atom is 0.494 e. The molecule has 0 aliphatic carbocycles. The van der Waals surface area contributed by atoms with Gasteiger partial charge < -0.3 is 13.7 Å². The van der Waals surface area contributed by atoms with Crippen LogP contribution < -0.4 is 5.46 Å². The number of rotatable bonds is 4. The van der Waals surface area contributed by atoms with Gasteiger partial charge in [-0.25, -0.2) is 4.98 Å². The molecule has 0 aromatic carbocycles. The molecule has 0 radical (unpaired) electrons. The van der Waals surface area contributed by atoms with Crippen molar-refractivity contribution >= 4 is 20.9 Å². The van der Waals surface area contributed by atoms with Gasteiger partial charge in [0.1, 0.15) is 5.69 Å². The van der Waals surface area contributed by atoms with E-state index in [-0.39, 0.29) is 17.3 Å². The summed E-state index contributed by atoms with van der Waals surface area (Å²) in [4.78, 5) is 3.80. The zero-order chi connectivity index (χ0) is 21.8. The normalized spacial score (nSPS) is 19.9. The smallest absolute Gasteiger partial charge is 0.411 e. The fourth-order valence-electron chi connectivity index (χ4n) is 2.42. The Morgan fingerprint density at radius 2 is 1.54 bits per heavy atom. The molecule has 1 saturated heterocycles. The van der Waals surface area contributed by atoms with Crippen LogP contribution in [0.25, 0.3) is 0 Å². The lowest BCUT2D eigenvalue weighted by molar-refractivity contribution is -0.141. The highest BCUT2D eigenvalue weighted by Gasteiger charge is 2.52. The van der Waals surface area contributed by atoms with E-state index in [1.54, 1.807) is 6.07 Å². The zero-order valence-electron chi connectivity index (χ0n) is 18.2. The van der Waals surface area contributed by atoms with Gasteiger partial charge in [0.25, 0.3) is 0 Å². The molecule has 1 aliphatic rings. The van der Waals surface area contributed by atoms with Crippen molar-refractivity contribution in [1.29, 1.82) is 0 Å². The van der Waals surface area contributed by atoms with Gasteiger partial charge in [0.05, 0.1) is 23.5 Å². The van der Waals surface area contributed by atoms with Gasteiger partial charge in [0, 0.05) is 0 Å². The minimum atomic E-state index is -4.56. The molecule has 9 heteroatoms. The maximum atomic E-state index is 13.4. The van der Waals surface area contributed by atoms with Crippen molar-refractivity contribution in [3.63, 3.8) is 0 Å². The summed E-state index contributed by atoms with van der Waals surface area (Å²) >= 11 is 0. The van der Waals surface area contributed by atoms with Crippen molar-refractivity contribution in [2.24, 2.45) is 0 Å². The monoisotopic (exact) mass is 417 g/mol. The topological polar surface area (TPSA) is 40.6 Å². The average Bonchev–Trinajstić information content (AvgIpc) is 2.71. The number of nitrogens with zero attached hydrogens (tertiary/aromatic N) is 1. The molecule has 1 aromatic rings. The highest BCUT2D eigenvalue weighted by molar-refractivity contribution is 6.74. The van der Waals surface area contributed by atoms with Crippen LogP contribution in [0.3, 0.4) is 0 Å². The van der Waals surface area contributed by atoms with Crippen LogP contribution in [0.5, 0.6) is 0 Å². The van der Waals surface area contributed by atoms with Gasteiger partial charge in [-0.2, -0.15) is 13.2 Å². The first-order valence-corrected chi connectivity index (χ1v) is 12.3. The molecule has 28 heavy (non-hydrogen) atoms. The van der Waals surface area contributed by atoms with E-state index in [1.807, 2.05) is 27.7 Å². The van der Waals surface area contributed by atoms with Crippen LogP contribution >= 0.6 is 0 Å². The average molecular weight is 417 g/mol. The standard InChI is InChI=1S/C19H31BF3NO3Si/c1-16(2,3)28(8,9)25-12-14-10-13(11-15(24-14)19(21,22)23)20-26-17(4,5)18(6,7)27-20/h10-11H,12H2,1-9H3. The van der Waals surface area contributed by atoms with Gasteiger partial charge >= 0.3 is 13.3 Å². The molecule has 158 valence electrons. The van der Waals surface area contributed by atoms with E-state index in [4.69, 9.17) is 13.7 Å². The van der Waals surface area contributed by atoms with E-state index in [2.05, 4.69) is 38.8 Å². The van der Waals surface area contributed by atoms with E-state index in [0.717, 1.165) is 6.07 Å². The van der Waals surface area contributed by atoms with Gasteiger partial charge in [0.2, 0.25) is 0 Å². The number of hydrogen-bond acceptors (Lipinski definition) is 4. The van der Waals surface area contributed by atoms with E-state index < -0.39 is 38.5 Å². The second kappa shape index (κ2) is 7.11. The minimum Gasteiger partial charge on any atom is -0.411 e. The molecule has 0 spiro atoms. The van der Waals surface area contributed by atoms with Crippen molar-refractivity contribution in [3.05, 3.63) is 23.5 Å². The summed E-state index contributed by atoms with van der Waals surface area (Å²) in [5.74, 6) is 0. The van der Waals surface area contributed by atoms with Gasteiger partial charge in [-0.1, -0.05) is 20.8 Å². The SMILES string of the molecule is CC1(C)OB(c2cc(CO[Si](C)(C)C(C)(C)C)nc(C(F)(F)F)c2)OC1(C)C. The third-order valence-corrected chi connectivity index (χ3v) is 10.6. The Kier molecular flexibility index (Phi) is 5.94. The fraction of sp³-hybridized carbons (Fsp3) is 0.737. The Hall–Kier alpha value is -0.898. The third-order valence-electron chi connectivity index (χ3n) is 6.10. The molecule has 1 aromatic heterocycles. The summed E-state index contributed by atoms with van der Waals surface area (Å²) in [6, 6.07) is 2.59. The molecular formula is C19H31BF3NO3Si. The first-order chi connectivity index (χ1) is 12.4. The summed E-state index contributed by atoms with van der Waals surface area (Å²) in [5, 5.41) is -0.0524. The number of halogens is 3. The Morgan fingerprint density at radius 1 is 1.04 bits per heavy atom. The highest BCUT2D eigenvalue weighted by Crippen LogP contribution is 2.38. The first kappa shape index (κ1) is 23.4. The predicted octanol–water partition coefficient (Wildman–Crippen LogP) is 4.92. The van der Waals surface area contributed by atoms with Crippen LogP contribution in [0.4, 0.5) is 13.2 Å². The summed E-state index contributed by atoms with van der Waals surface area (Å²) in [6.45, 7) is 17.8. The number of aromatic nitrogens is 1. The van der Waals surface area contributed by atoms with Crippen molar-refractivity contribution in [2.45, 2.75) is 90.6 Å². The Balaban J connectivity index is 2.37. The lowest BCUT2D eigenvalue weighted by Crippen LogP contribution is -2.41. The fourth-order valence-corrected chi connectivity index (χ4v) is 3.36. The predicted molar refractivity (Wildman–Crippen MR) is 107 cm³/mol. The molecule has 0 bridgehead atoms. The Bertz CT molecular complexity index is 714. The van der Waals surface area contributed by atoms with Gasteiger partial charge in [-0.05, 0) is 63.4 Å². The molecule has 0 amide bonds. The molecule has 0 atom stereocenters. The van der Waals surface area contributed by atoms with Crippen LogP contribution in [-0.2, 0) is 26.5 Å². The quantitative estimate of drug-likeness (QED) is 0.652. The van der Waals surface area contributed by atoms with E-state index >= 15 is 0 Å². The van der Waals surface area contributed by atoms with Crippen molar-refractivity contribution in [2.75, 3.05) is 0 Å². The molecule has 1 fully saturated rings. The van der Waals surface area contributed by atoms with E-state index in [1.165, 1.54) is 0 Å². The lowest BCUT2D eigenvalue weighted by atomic mass is 9.79. The number of alkyl halides is 3. The summed E-state index contributed by atoms with van der Waals surface area (Å²) in [7, 11) is -3.02. The number of pyridine rings is 1. The Morgan fingerprint density at radius 3 is 1.96 bits per heavy atom. The van der Waals surface area contributed by atoms with Crippen LogP contribution in [0.15, 0.2) is 12.1 Å². The largest absolute Gasteiger partial charge is 0.494 e. The maximum absolute atomic E-state index is 13.4. The van der Waals surface area contributed by atoms with Crippen LogP contribution in [0.1, 0.15) is 59.9 Å². The van der Waals surface area contributed by atoms with Gasteiger partial charge in [0.15, 0.2) is 8.32 Å². The summed E-state index contributed by atoms with van der Waals surface area (Å²) < 4.78 is 58.2. The number of hydrogen-bond donors (Lipinski definition) is 0. The lowest BCUT2D eigenvalue weighted by Gasteiger charge is -2.36. The molecule has 2 rings (SSSR count). The van der Waals surface area contributed by atoms with E-state index in [0.29, 0.717) is 5.46 Å². The van der Waals surface area contributed by atoms with Crippen molar-refractivity contribution < 1.29 is 26.9 Å². The minimum absolute atomic E-state index is 0.0208. The van der Waals surface area contributed by atoms with Gasteiger partial charge in [-0.3, -0.25) is 0 Å². The zero-order valence-corrected chi connectivity index (χ0v) is 19.2. The van der Waals surface area contributed by atoms with Crippen LogP contribution in [0.2, 0.25) is 18.1 Å². The second-order valence-corrected chi connectivity index (χ2v) is 14.7. The first-order valence-electron chi connectivity index (χ1n) is 9.43. The third kappa shape index (κ3) is 4.80. The molecule has 0 unspecified atom stereocenters. The van der Waals surface area contributed by atoms with Crippen LogP contribution in [-0.4, -0.2) is 31.6 Å². The Labute approximate surface area is 167 Å². The van der Waals surface area contributed by atoms with Crippen molar-refractivity contribution in [3.8, 4) is 0 Å². The van der Waals surface area contributed by atoms with E-state index in [9.17, 15) is 13.2 Å². The highest BCUT2D eigenvalue weighted by atomic mass is 28.4. The van der Waals surface area contributed by atoms with Crippen molar-refractivity contribution in [1.82, 2.24) is 4.98 Å². The van der Waals surface area contributed by atoms with Crippen LogP contribution in [0, 0.1) is 0 Å². The second-order valence-electron chi connectivity index (χ2n) is 9.91. The molecule has 0 saturated carbocycles. The summed E-state index contributed by atoms with van der Waals surface area (Å²) in [6.07, 6.45) is -4.56. The molecule has 4 nitrogen and oxygen atoms in total. The summed E-state index contributed by atoms with van der Waals surface area (Å²) in [5.41, 5.74) is -1.72. The molecule has 0 N–H and O–H groups in total.